The Morgan fingerprint density at radius 1 is 1.04 bits per heavy atom. The predicted molar refractivity (Wildman–Crippen MR) is 108 cm³/mol. The summed E-state index contributed by atoms with van der Waals surface area (Å²) in [5, 5.41) is 2.03. The summed E-state index contributed by atoms with van der Waals surface area (Å²) in [6.07, 6.45) is 2.37. The number of hydrogen-bond acceptors (Lipinski definition) is 6. The van der Waals surface area contributed by atoms with E-state index in [-0.39, 0.29) is 5.91 Å². The molecule has 0 saturated heterocycles. The Morgan fingerprint density at radius 2 is 1.86 bits per heavy atom. The van der Waals surface area contributed by atoms with E-state index in [1.165, 1.54) is 19.1 Å². The van der Waals surface area contributed by atoms with E-state index < -0.39 is 0 Å². The van der Waals surface area contributed by atoms with Gasteiger partial charge in [-0.15, -0.1) is 11.3 Å². The fraction of sp³-hybridized carbons (Fsp3) is 0.286. The van der Waals surface area contributed by atoms with Crippen LogP contribution in [0.5, 0.6) is 17.2 Å². The van der Waals surface area contributed by atoms with Gasteiger partial charge in [-0.3, -0.25) is 4.79 Å². The summed E-state index contributed by atoms with van der Waals surface area (Å²) in [5.74, 6) is 1.82. The second kappa shape index (κ2) is 9.32. The fourth-order valence-electron chi connectivity index (χ4n) is 2.98. The van der Waals surface area contributed by atoms with Gasteiger partial charge in [0.05, 0.1) is 39.7 Å². The molecule has 3 rings (SSSR count). The highest BCUT2D eigenvalue weighted by molar-refractivity contribution is 7.09. The molecule has 28 heavy (non-hydrogen) atoms. The molecule has 0 N–H and O–H groups in total. The number of furan rings is 1. The second-order valence-corrected chi connectivity index (χ2v) is 7.05. The first kappa shape index (κ1) is 19.8. The van der Waals surface area contributed by atoms with Crippen molar-refractivity contribution in [2.75, 3.05) is 27.9 Å². The number of rotatable bonds is 9. The molecule has 0 saturated carbocycles. The van der Waals surface area contributed by atoms with E-state index >= 15 is 0 Å². The standard InChI is InChI=1S/C21H23NO5S/c1-24-18-9-8-17(19(25-2)20(18)26-3)21(23)22(14-15-6-4-12-27-15)11-10-16-7-5-13-28-16/h4-9,12-13H,10-11,14H2,1-3H3. The second-order valence-electron chi connectivity index (χ2n) is 6.02. The third kappa shape index (κ3) is 4.31. The lowest BCUT2D eigenvalue weighted by Gasteiger charge is -2.23. The molecule has 1 aromatic carbocycles. The summed E-state index contributed by atoms with van der Waals surface area (Å²) >= 11 is 1.68. The molecule has 0 radical (unpaired) electrons. The molecule has 148 valence electrons. The lowest BCUT2D eigenvalue weighted by atomic mass is 10.1. The molecule has 1 amide bonds. The van der Waals surface area contributed by atoms with Crippen LogP contribution in [0.1, 0.15) is 21.0 Å². The number of ether oxygens (including phenoxy) is 3. The van der Waals surface area contributed by atoms with Crippen molar-refractivity contribution in [3.05, 3.63) is 64.2 Å². The van der Waals surface area contributed by atoms with Crippen LogP contribution in [0.3, 0.4) is 0 Å². The van der Waals surface area contributed by atoms with Gasteiger partial charge in [0.2, 0.25) is 5.75 Å². The predicted octanol–water partition coefficient (Wildman–Crippen LogP) is 4.25. The van der Waals surface area contributed by atoms with Gasteiger partial charge >= 0.3 is 0 Å². The highest BCUT2D eigenvalue weighted by Gasteiger charge is 2.25. The molecule has 0 aliphatic heterocycles. The third-order valence-corrected chi connectivity index (χ3v) is 5.29. The topological polar surface area (TPSA) is 61.1 Å². The van der Waals surface area contributed by atoms with Gasteiger partial charge in [-0.1, -0.05) is 6.07 Å². The minimum Gasteiger partial charge on any atom is -0.493 e. The number of nitrogens with zero attached hydrogens (tertiary/aromatic N) is 1. The van der Waals surface area contributed by atoms with Gasteiger partial charge in [0, 0.05) is 11.4 Å². The molecule has 0 bridgehead atoms. The number of hydrogen-bond donors (Lipinski definition) is 0. The molecule has 6 nitrogen and oxygen atoms in total. The molecule has 0 atom stereocenters. The minimum absolute atomic E-state index is 0.161. The first-order chi connectivity index (χ1) is 13.7. The normalized spacial score (nSPS) is 10.5. The average Bonchev–Trinajstić information content (AvgIpc) is 3.43. The zero-order valence-electron chi connectivity index (χ0n) is 16.1. The van der Waals surface area contributed by atoms with Crippen molar-refractivity contribution in [3.63, 3.8) is 0 Å². The van der Waals surface area contributed by atoms with Crippen LogP contribution in [0.15, 0.2) is 52.5 Å². The van der Waals surface area contributed by atoms with Crippen LogP contribution in [0, 0.1) is 0 Å². The largest absolute Gasteiger partial charge is 0.493 e. The van der Waals surface area contributed by atoms with E-state index in [1.807, 2.05) is 23.6 Å². The molecule has 0 unspecified atom stereocenters. The summed E-state index contributed by atoms with van der Waals surface area (Å²) in [6.45, 7) is 0.923. The van der Waals surface area contributed by atoms with Crippen LogP contribution < -0.4 is 14.2 Å². The molecule has 0 aliphatic carbocycles. The van der Waals surface area contributed by atoms with Gasteiger partial charge in [0.25, 0.3) is 5.91 Å². The maximum absolute atomic E-state index is 13.4. The van der Waals surface area contributed by atoms with Gasteiger partial charge in [0.15, 0.2) is 11.5 Å². The van der Waals surface area contributed by atoms with Crippen LogP contribution in [0.25, 0.3) is 0 Å². The summed E-state index contributed by atoms with van der Waals surface area (Å²) < 4.78 is 21.7. The number of carbonyl (C=O) groups is 1. The Kier molecular flexibility index (Phi) is 6.60. The zero-order valence-corrected chi connectivity index (χ0v) is 17.0. The van der Waals surface area contributed by atoms with E-state index in [2.05, 4.69) is 6.07 Å². The number of amides is 1. The van der Waals surface area contributed by atoms with Crippen LogP contribution in [-0.2, 0) is 13.0 Å². The van der Waals surface area contributed by atoms with Crippen molar-refractivity contribution in [1.82, 2.24) is 4.90 Å². The van der Waals surface area contributed by atoms with E-state index in [0.717, 1.165) is 12.2 Å². The average molecular weight is 401 g/mol. The molecule has 2 heterocycles. The van der Waals surface area contributed by atoms with Gasteiger partial charge in [0.1, 0.15) is 5.76 Å². The SMILES string of the molecule is COc1ccc(C(=O)N(CCc2cccs2)Cc2ccco2)c(OC)c1OC. The number of thiophene rings is 1. The quantitative estimate of drug-likeness (QED) is 0.536. The molecule has 0 fully saturated rings. The van der Waals surface area contributed by atoms with E-state index in [4.69, 9.17) is 18.6 Å². The maximum atomic E-state index is 13.4. The summed E-state index contributed by atoms with van der Waals surface area (Å²) in [7, 11) is 4.58. The summed E-state index contributed by atoms with van der Waals surface area (Å²) in [6, 6.07) is 11.2. The molecular weight excluding hydrogens is 378 g/mol. The van der Waals surface area contributed by atoms with Crippen LogP contribution in [0.4, 0.5) is 0 Å². The monoisotopic (exact) mass is 401 g/mol. The van der Waals surface area contributed by atoms with Gasteiger partial charge in [-0.2, -0.15) is 0 Å². The van der Waals surface area contributed by atoms with Crippen molar-refractivity contribution >= 4 is 17.2 Å². The van der Waals surface area contributed by atoms with Gasteiger partial charge < -0.3 is 23.5 Å². The van der Waals surface area contributed by atoms with Crippen LogP contribution >= 0.6 is 11.3 Å². The Hall–Kier alpha value is -2.93. The molecular formula is C21H23NO5S. The lowest BCUT2D eigenvalue weighted by molar-refractivity contribution is 0.0729. The van der Waals surface area contributed by atoms with Gasteiger partial charge in [-0.25, -0.2) is 0 Å². The van der Waals surface area contributed by atoms with Crippen molar-refractivity contribution in [3.8, 4) is 17.2 Å². The van der Waals surface area contributed by atoms with Crippen molar-refractivity contribution < 1.29 is 23.4 Å². The molecule has 3 aromatic rings. The first-order valence-electron chi connectivity index (χ1n) is 8.81. The number of methoxy groups -OCH3 is 3. The Morgan fingerprint density at radius 3 is 2.46 bits per heavy atom. The van der Waals surface area contributed by atoms with E-state index in [1.54, 1.807) is 41.7 Å². The number of carbonyl (C=O) groups excluding carboxylic acids is 1. The fourth-order valence-corrected chi connectivity index (χ4v) is 3.68. The molecule has 7 heteroatoms. The minimum atomic E-state index is -0.161. The van der Waals surface area contributed by atoms with Crippen LogP contribution in [0.2, 0.25) is 0 Å². The third-order valence-electron chi connectivity index (χ3n) is 4.36. The highest BCUT2D eigenvalue weighted by Crippen LogP contribution is 2.40. The Labute approximate surface area is 168 Å². The zero-order chi connectivity index (χ0) is 19.9. The Balaban J connectivity index is 1.91. The molecule has 2 aromatic heterocycles. The highest BCUT2D eigenvalue weighted by atomic mass is 32.1. The van der Waals surface area contributed by atoms with Crippen molar-refractivity contribution in [1.29, 1.82) is 0 Å². The van der Waals surface area contributed by atoms with Crippen molar-refractivity contribution in [2.45, 2.75) is 13.0 Å². The van der Waals surface area contributed by atoms with Crippen LogP contribution in [-0.4, -0.2) is 38.7 Å². The number of benzene rings is 1. The summed E-state index contributed by atoms with van der Waals surface area (Å²) in [5.41, 5.74) is 0.415. The molecule has 0 aliphatic rings. The van der Waals surface area contributed by atoms with Gasteiger partial charge in [-0.05, 0) is 42.1 Å². The lowest BCUT2D eigenvalue weighted by Crippen LogP contribution is -2.32. The van der Waals surface area contributed by atoms with E-state index in [9.17, 15) is 4.79 Å². The molecule has 0 spiro atoms. The first-order valence-corrected chi connectivity index (χ1v) is 9.69. The van der Waals surface area contributed by atoms with Crippen molar-refractivity contribution in [2.24, 2.45) is 0 Å². The summed E-state index contributed by atoms with van der Waals surface area (Å²) in [4.78, 5) is 16.4. The smallest absolute Gasteiger partial charge is 0.258 e. The maximum Gasteiger partial charge on any atom is 0.258 e. The Bertz CT molecular complexity index is 890. The van der Waals surface area contributed by atoms with E-state index in [0.29, 0.717) is 35.9 Å².